The molecule has 0 bridgehead atoms. The van der Waals surface area contributed by atoms with E-state index in [0.29, 0.717) is 24.7 Å². The molecule has 1 aromatic carbocycles. The zero-order chi connectivity index (χ0) is 13.8. The number of benzene rings is 1. The lowest BCUT2D eigenvalue weighted by molar-refractivity contribution is -0.132. The molecule has 104 valence electrons. The van der Waals surface area contributed by atoms with Gasteiger partial charge in [0.1, 0.15) is 5.75 Å². The maximum atomic E-state index is 12.1. The van der Waals surface area contributed by atoms with Gasteiger partial charge >= 0.3 is 0 Å². The predicted molar refractivity (Wildman–Crippen MR) is 70.2 cm³/mol. The van der Waals surface area contributed by atoms with E-state index in [9.17, 15) is 4.79 Å². The van der Waals surface area contributed by atoms with Crippen LogP contribution in [0, 0.1) is 0 Å². The Hall–Kier alpha value is -2.37. The Bertz CT molecular complexity index is 556. The molecule has 2 heterocycles. The van der Waals surface area contributed by atoms with E-state index in [2.05, 4.69) is 10.1 Å². The number of hydrogen-bond acceptors (Lipinski definition) is 5. The number of amides is 1. The third-order valence-corrected chi connectivity index (χ3v) is 3.39. The van der Waals surface area contributed by atoms with E-state index in [1.165, 1.54) is 6.39 Å². The lowest BCUT2D eigenvalue weighted by Gasteiger charge is -2.16. The van der Waals surface area contributed by atoms with E-state index in [0.717, 1.165) is 6.42 Å². The first-order chi connectivity index (χ1) is 9.83. The summed E-state index contributed by atoms with van der Waals surface area (Å²) in [6, 6.07) is 9.33. The Morgan fingerprint density at radius 3 is 3.00 bits per heavy atom. The fourth-order valence-electron chi connectivity index (χ4n) is 2.31. The summed E-state index contributed by atoms with van der Waals surface area (Å²) < 4.78 is 10.2. The van der Waals surface area contributed by atoms with Crippen molar-refractivity contribution in [2.45, 2.75) is 12.3 Å². The summed E-state index contributed by atoms with van der Waals surface area (Å²) in [5.74, 6) is 1.52. The monoisotopic (exact) mass is 273 g/mol. The van der Waals surface area contributed by atoms with Gasteiger partial charge in [0.15, 0.2) is 12.4 Å². The zero-order valence-corrected chi connectivity index (χ0v) is 10.9. The molecule has 0 saturated carbocycles. The van der Waals surface area contributed by atoms with Gasteiger partial charge < -0.3 is 14.2 Å². The van der Waals surface area contributed by atoms with Crippen LogP contribution in [-0.2, 0) is 4.79 Å². The maximum Gasteiger partial charge on any atom is 0.260 e. The third-order valence-electron chi connectivity index (χ3n) is 3.39. The van der Waals surface area contributed by atoms with Crippen LogP contribution >= 0.6 is 0 Å². The van der Waals surface area contributed by atoms with Crippen molar-refractivity contribution < 1.29 is 14.1 Å². The van der Waals surface area contributed by atoms with Crippen molar-refractivity contribution in [1.82, 2.24) is 15.0 Å². The molecule has 1 atom stereocenters. The quantitative estimate of drug-likeness (QED) is 0.843. The number of ether oxygens (including phenoxy) is 1. The Kier molecular flexibility index (Phi) is 3.62. The molecule has 6 heteroatoms. The number of para-hydroxylation sites is 1. The lowest BCUT2D eigenvalue weighted by atomic mass is 10.1. The molecular weight excluding hydrogens is 258 g/mol. The van der Waals surface area contributed by atoms with Gasteiger partial charge in [0.25, 0.3) is 5.91 Å². The lowest BCUT2D eigenvalue weighted by Crippen LogP contribution is -2.32. The van der Waals surface area contributed by atoms with E-state index >= 15 is 0 Å². The van der Waals surface area contributed by atoms with E-state index in [4.69, 9.17) is 9.26 Å². The number of carbonyl (C=O) groups excluding carboxylic acids is 1. The zero-order valence-electron chi connectivity index (χ0n) is 10.9. The van der Waals surface area contributed by atoms with E-state index in [1.54, 1.807) is 4.90 Å². The van der Waals surface area contributed by atoms with Crippen LogP contribution in [0.5, 0.6) is 5.75 Å². The smallest absolute Gasteiger partial charge is 0.260 e. The molecule has 1 amide bonds. The number of aromatic nitrogens is 2. The van der Waals surface area contributed by atoms with E-state index in [-0.39, 0.29) is 18.4 Å². The highest BCUT2D eigenvalue weighted by Crippen LogP contribution is 2.24. The van der Waals surface area contributed by atoms with Gasteiger partial charge in [-0.1, -0.05) is 23.4 Å². The predicted octanol–water partition coefficient (Wildman–Crippen LogP) is 1.46. The van der Waals surface area contributed by atoms with Crippen molar-refractivity contribution in [3.8, 4) is 5.75 Å². The molecule has 1 aromatic heterocycles. The normalized spacial score (nSPS) is 18.2. The SMILES string of the molecule is O=C(COc1ccccc1)N1CC[C@H](c2ncon2)C1. The highest BCUT2D eigenvalue weighted by molar-refractivity contribution is 5.78. The summed E-state index contributed by atoms with van der Waals surface area (Å²) >= 11 is 0. The van der Waals surface area contributed by atoms with E-state index < -0.39 is 0 Å². The van der Waals surface area contributed by atoms with Crippen molar-refractivity contribution in [3.63, 3.8) is 0 Å². The minimum absolute atomic E-state index is 0.0140. The number of nitrogens with zero attached hydrogens (tertiary/aromatic N) is 3. The van der Waals surface area contributed by atoms with Crippen LogP contribution in [0.25, 0.3) is 0 Å². The van der Waals surface area contributed by atoms with Crippen LogP contribution in [0.15, 0.2) is 41.2 Å². The minimum atomic E-state index is -0.0140. The second-order valence-electron chi connectivity index (χ2n) is 4.72. The van der Waals surface area contributed by atoms with Crippen LogP contribution in [0.3, 0.4) is 0 Å². The van der Waals surface area contributed by atoms with Crippen LogP contribution < -0.4 is 4.74 Å². The van der Waals surface area contributed by atoms with Gasteiger partial charge in [-0.3, -0.25) is 4.79 Å². The molecule has 3 rings (SSSR count). The Morgan fingerprint density at radius 2 is 2.25 bits per heavy atom. The average Bonchev–Trinajstić information content (AvgIpc) is 3.16. The Balaban J connectivity index is 1.51. The van der Waals surface area contributed by atoms with Gasteiger partial charge in [0.2, 0.25) is 6.39 Å². The van der Waals surface area contributed by atoms with Crippen molar-refractivity contribution in [3.05, 3.63) is 42.5 Å². The molecule has 0 N–H and O–H groups in total. The fourth-order valence-corrected chi connectivity index (χ4v) is 2.31. The largest absolute Gasteiger partial charge is 0.484 e. The molecule has 0 aliphatic carbocycles. The topological polar surface area (TPSA) is 68.5 Å². The first-order valence-electron chi connectivity index (χ1n) is 6.55. The van der Waals surface area contributed by atoms with Crippen LogP contribution in [-0.4, -0.2) is 40.6 Å². The minimum Gasteiger partial charge on any atom is -0.484 e. The van der Waals surface area contributed by atoms with Gasteiger partial charge in [-0.2, -0.15) is 4.98 Å². The third kappa shape index (κ3) is 2.79. The number of rotatable bonds is 4. The fraction of sp³-hybridized carbons (Fsp3) is 0.357. The molecule has 6 nitrogen and oxygen atoms in total. The molecular formula is C14H15N3O3. The van der Waals surface area contributed by atoms with Gasteiger partial charge in [-0.05, 0) is 18.6 Å². The van der Waals surface area contributed by atoms with Crippen molar-refractivity contribution in [2.24, 2.45) is 0 Å². The van der Waals surface area contributed by atoms with Crippen molar-refractivity contribution in [1.29, 1.82) is 0 Å². The van der Waals surface area contributed by atoms with Crippen molar-refractivity contribution >= 4 is 5.91 Å². The first-order valence-corrected chi connectivity index (χ1v) is 6.55. The molecule has 20 heavy (non-hydrogen) atoms. The molecule has 1 aliphatic heterocycles. The highest BCUT2D eigenvalue weighted by atomic mass is 16.5. The number of likely N-dealkylation sites (tertiary alicyclic amines) is 1. The Morgan fingerprint density at radius 1 is 1.40 bits per heavy atom. The van der Waals surface area contributed by atoms with Crippen LogP contribution in [0.2, 0.25) is 0 Å². The second kappa shape index (κ2) is 5.73. The van der Waals surface area contributed by atoms with E-state index in [1.807, 2.05) is 30.3 Å². The summed E-state index contributed by atoms with van der Waals surface area (Å²) in [7, 11) is 0. The second-order valence-corrected chi connectivity index (χ2v) is 4.72. The number of hydrogen-bond donors (Lipinski definition) is 0. The maximum absolute atomic E-state index is 12.1. The molecule has 2 aromatic rings. The summed E-state index contributed by atoms with van der Waals surface area (Å²) in [5.41, 5.74) is 0. The molecule has 0 spiro atoms. The summed E-state index contributed by atoms with van der Waals surface area (Å²) in [6.07, 6.45) is 2.18. The summed E-state index contributed by atoms with van der Waals surface area (Å²) in [6.45, 7) is 1.38. The van der Waals surface area contributed by atoms with Crippen LogP contribution in [0.4, 0.5) is 0 Å². The summed E-state index contributed by atoms with van der Waals surface area (Å²) in [4.78, 5) is 17.9. The molecule has 0 radical (unpaired) electrons. The average molecular weight is 273 g/mol. The van der Waals surface area contributed by atoms with Gasteiger partial charge in [0.05, 0.1) is 0 Å². The summed E-state index contributed by atoms with van der Waals surface area (Å²) in [5, 5.41) is 3.83. The Labute approximate surface area is 116 Å². The number of carbonyl (C=O) groups is 1. The first kappa shape index (κ1) is 12.7. The van der Waals surface area contributed by atoms with Crippen molar-refractivity contribution in [2.75, 3.05) is 19.7 Å². The molecule has 0 unspecified atom stereocenters. The van der Waals surface area contributed by atoms with Crippen LogP contribution in [0.1, 0.15) is 18.2 Å². The van der Waals surface area contributed by atoms with Gasteiger partial charge in [-0.15, -0.1) is 0 Å². The molecule has 1 aliphatic rings. The molecule has 1 saturated heterocycles. The highest BCUT2D eigenvalue weighted by Gasteiger charge is 2.29. The molecule has 1 fully saturated rings. The van der Waals surface area contributed by atoms with Gasteiger partial charge in [0, 0.05) is 19.0 Å². The van der Waals surface area contributed by atoms with Gasteiger partial charge in [-0.25, -0.2) is 0 Å². The standard InChI is InChI=1S/C14H15N3O3/c18-13(9-19-12-4-2-1-3-5-12)17-7-6-11(8-17)14-15-10-20-16-14/h1-5,10-11H,6-9H2/t11-/m0/s1.